The highest BCUT2D eigenvalue weighted by atomic mass is 32.2. The summed E-state index contributed by atoms with van der Waals surface area (Å²) in [6.45, 7) is 4.25. The van der Waals surface area contributed by atoms with E-state index in [1.54, 1.807) is 23.9 Å². The van der Waals surface area contributed by atoms with Gasteiger partial charge in [0.2, 0.25) is 10.0 Å². The van der Waals surface area contributed by atoms with Crippen molar-refractivity contribution in [2.45, 2.75) is 31.6 Å². The van der Waals surface area contributed by atoms with Crippen molar-refractivity contribution in [3.05, 3.63) is 23.3 Å². The highest BCUT2D eigenvalue weighted by Gasteiger charge is 2.17. The molecule has 0 fully saturated rings. The summed E-state index contributed by atoms with van der Waals surface area (Å²) in [6.07, 6.45) is 3.89. The molecule has 0 atom stereocenters. The van der Waals surface area contributed by atoms with Crippen molar-refractivity contribution < 1.29 is 8.42 Å². The number of nitrogens with two attached hydrogens (primary N) is 1. The van der Waals surface area contributed by atoms with E-state index in [1.165, 1.54) is 0 Å². The van der Waals surface area contributed by atoms with Gasteiger partial charge in [0.1, 0.15) is 4.90 Å². The highest BCUT2D eigenvalue weighted by molar-refractivity contribution is 7.98. The summed E-state index contributed by atoms with van der Waals surface area (Å²) in [7, 11) is -3.50. The highest BCUT2D eigenvalue weighted by Crippen LogP contribution is 2.22. The van der Waals surface area contributed by atoms with Crippen LogP contribution in [0.15, 0.2) is 17.0 Å². The van der Waals surface area contributed by atoms with Crippen LogP contribution in [0.2, 0.25) is 0 Å². The van der Waals surface area contributed by atoms with Crippen molar-refractivity contribution in [2.24, 2.45) is 0 Å². The van der Waals surface area contributed by atoms with Crippen LogP contribution in [0.25, 0.3) is 0 Å². The summed E-state index contributed by atoms with van der Waals surface area (Å²) in [5, 5.41) is 0. The second-order valence-electron chi connectivity index (χ2n) is 4.57. The minimum Gasteiger partial charge on any atom is -0.398 e. The molecule has 0 amide bonds. The maximum Gasteiger partial charge on any atom is 0.242 e. The van der Waals surface area contributed by atoms with E-state index in [-0.39, 0.29) is 4.90 Å². The first-order valence-electron chi connectivity index (χ1n) is 6.24. The summed E-state index contributed by atoms with van der Waals surface area (Å²) in [6, 6.07) is 3.34. The third kappa shape index (κ3) is 4.71. The van der Waals surface area contributed by atoms with Crippen LogP contribution in [0, 0.1) is 13.8 Å². The lowest BCUT2D eigenvalue weighted by molar-refractivity contribution is 0.579. The van der Waals surface area contributed by atoms with Crippen LogP contribution >= 0.6 is 11.8 Å². The van der Waals surface area contributed by atoms with Crippen LogP contribution in [0.4, 0.5) is 5.69 Å². The fraction of sp³-hybridized carbons (Fsp3) is 0.538. The number of nitrogens with one attached hydrogen (secondary N) is 1. The second-order valence-corrected chi connectivity index (χ2v) is 7.29. The first kappa shape index (κ1) is 16.3. The molecule has 108 valence electrons. The van der Waals surface area contributed by atoms with Gasteiger partial charge < -0.3 is 5.73 Å². The zero-order valence-corrected chi connectivity index (χ0v) is 13.3. The van der Waals surface area contributed by atoms with Crippen LogP contribution in [-0.2, 0) is 10.0 Å². The van der Waals surface area contributed by atoms with E-state index >= 15 is 0 Å². The standard InChI is InChI=1S/C13H22N2O2S2/c1-10-8-12(14)13(9-11(10)2)19(16,17)15-6-4-5-7-18-3/h8-9,15H,4-7,14H2,1-3H3. The SMILES string of the molecule is CSCCCCNS(=O)(=O)c1cc(C)c(C)cc1N. The molecule has 4 nitrogen and oxygen atoms in total. The molecule has 0 aliphatic heterocycles. The van der Waals surface area contributed by atoms with Gasteiger partial charge in [0, 0.05) is 6.54 Å². The van der Waals surface area contributed by atoms with Gasteiger partial charge >= 0.3 is 0 Å². The van der Waals surface area contributed by atoms with Crippen LogP contribution in [-0.4, -0.2) is 27.0 Å². The third-order valence-electron chi connectivity index (χ3n) is 2.98. The Morgan fingerprint density at radius 3 is 2.47 bits per heavy atom. The van der Waals surface area contributed by atoms with E-state index in [1.807, 2.05) is 20.1 Å². The number of hydrogen-bond donors (Lipinski definition) is 2. The number of benzene rings is 1. The van der Waals surface area contributed by atoms with Gasteiger partial charge in [-0.2, -0.15) is 11.8 Å². The number of hydrogen-bond acceptors (Lipinski definition) is 4. The van der Waals surface area contributed by atoms with Crippen LogP contribution in [0.1, 0.15) is 24.0 Å². The van der Waals surface area contributed by atoms with Gasteiger partial charge in [0.15, 0.2) is 0 Å². The minimum absolute atomic E-state index is 0.181. The van der Waals surface area contributed by atoms with Crippen molar-refractivity contribution in [1.82, 2.24) is 4.72 Å². The van der Waals surface area contributed by atoms with Crippen molar-refractivity contribution in [1.29, 1.82) is 0 Å². The topological polar surface area (TPSA) is 72.2 Å². The fourth-order valence-corrected chi connectivity index (χ4v) is 3.46. The fourth-order valence-electron chi connectivity index (χ4n) is 1.70. The first-order valence-corrected chi connectivity index (χ1v) is 9.11. The summed E-state index contributed by atoms with van der Waals surface area (Å²) in [4.78, 5) is 0.181. The predicted octanol–water partition coefficient (Wildman–Crippen LogP) is 2.31. The minimum atomic E-state index is -3.50. The smallest absolute Gasteiger partial charge is 0.242 e. The molecule has 0 unspecified atom stereocenters. The van der Waals surface area contributed by atoms with Gasteiger partial charge in [0.25, 0.3) is 0 Å². The Morgan fingerprint density at radius 2 is 1.84 bits per heavy atom. The second kappa shape index (κ2) is 7.17. The van der Waals surface area contributed by atoms with Gasteiger partial charge in [-0.25, -0.2) is 13.1 Å². The van der Waals surface area contributed by atoms with Crippen LogP contribution in [0.3, 0.4) is 0 Å². The Labute approximate surface area is 120 Å². The van der Waals surface area contributed by atoms with E-state index in [4.69, 9.17) is 5.73 Å². The average molecular weight is 302 g/mol. The predicted molar refractivity (Wildman–Crippen MR) is 83.1 cm³/mol. The zero-order chi connectivity index (χ0) is 14.5. The first-order chi connectivity index (χ1) is 8.88. The lowest BCUT2D eigenvalue weighted by Crippen LogP contribution is -2.26. The van der Waals surface area contributed by atoms with E-state index in [2.05, 4.69) is 4.72 Å². The van der Waals surface area contributed by atoms with Crippen molar-refractivity contribution in [3.63, 3.8) is 0 Å². The van der Waals surface area contributed by atoms with E-state index in [0.29, 0.717) is 12.2 Å². The molecule has 0 spiro atoms. The van der Waals surface area contributed by atoms with Crippen LogP contribution < -0.4 is 10.5 Å². The Morgan fingerprint density at radius 1 is 1.21 bits per heavy atom. The Balaban J connectivity index is 2.75. The zero-order valence-electron chi connectivity index (χ0n) is 11.7. The molecule has 0 radical (unpaired) electrons. The molecule has 0 saturated carbocycles. The summed E-state index contributed by atoms with van der Waals surface area (Å²) < 4.78 is 26.9. The number of anilines is 1. The molecule has 0 bridgehead atoms. The molecule has 6 heteroatoms. The van der Waals surface area contributed by atoms with Gasteiger partial charge in [-0.05, 0) is 62.0 Å². The number of rotatable bonds is 7. The molecule has 0 aromatic heterocycles. The average Bonchev–Trinajstić information content (AvgIpc) is 2.33. The maximum absolute atomic E-state index is 12.2. The quantitative estimate of drug-likeness (QED) is 0.599. The molecule has 0 heterocycles. The van der Waals surface area contributed by atoms with Crippen LogP contribution in [0.5, 0.6) is 0 Å². The van der Waals surface area contributed by atoms with E-state index in [9.17, 15) is 8.42 Å². The molecule has 0 saturated heterocycles. The molecule has 1 aromatic rings. The number of thioether (sulfide) groups is 1. The Hall–Kier alpha value is -0.720. The molecular formula is C13H22N2O2S2. The summed E-state index contributed by atoms with van der Waals surface area (Å²) >= 11 is 1.76. The molecule has 1 aromatic carbocycles. The summed E-state index contributed by atoms with van der Waals surface area (Å²) in [5.74, 6) is 1.05. The van der Waals surface area contributed by atoms with Crippen molar-refractivity contribution in [3.8, 4) is 0 Å². The van der Waals surface area contributed by atoms with Gasteiger partial charge in [0.05, 0.1) is 5.69 Å². The molecule has 0 aliphatic rings. The van der Waals surface area contributed by atoms with Crippen molar-refractivity contribution in [2.75, 3.05) is 24.3 Å². The van der Waals surface area contributed by atoms with E-state index < -0.39 is 10.0 Å². The lowest BCUT2D eigenvalue weighted by Gasteiger charge is -2.11. The maximum atomic E-state index is 12.2. The third-order valence-corrected chi connectivity index (χ3v) is 5.20. The number of unbranched alkanes of at least 4 members (excludes halogenated alkanes) is 1. The van der Waals surface area contributed by atoms with Gasteiger partial charge in [-0.3, -0.25) is 0 Å². The summed E-state index contributed by atoms with van der Waals surface area (Å²) in [5.41, 5.74) is 8.04. The molecule has 1 rings (SSSR count). The Bertz CT molecular complexity index is 528. The molecular weight excluding hydrogens is 280 g/mol. The lowest BCUT2D eigenvalue weighted by atomic mass is 10.1. The number of aryl methyl sites for hydroxylation is 2. The molecule has 0 aliphatic carbocycles. The van der Waals surface area contributed by atoms with Gasteiger partial charge in [-0.1, -0.05) is 0 Å². The number of nitrogen functional groups attached to an aromatic ring is 1. The molecule has 3 N–H and O–H groups in total. The normalized spacial score (nSPS) is 11.7. The number of sulfonamides is 1. The Kier molecular flexibility index (Phi) is 6.16. The monoisotopic (exact) mass is 302 g/mol. The van der Waals surface area contributed by atoms with Crippen molar-refractivity contribution >= 4 is 27.5 Å². The molecule has 19 heavy (non-hydrogen) atoms. The largest absolute Gasteiger partial charge is 0.398 e. The van der Waals surface area contributed by atoms with Gasteiger partial charge in [-0.15, -0.1) is 0 Å². The van der Waals surface area contributed by atoms with E-state index in [0.717, 1.165) is 29.7 Å².